The van der Waals surface area contributed by atoms with Gasteiger partial charge in [-0.3, -0.25) is 9.59 Å². The van der Waals surface area contributed by atoms with E-state index < -0.39 is 0 Å². The predicted octanol–water partition coefficient (Wildman–Crippen LogP) is 2.41. The Bertz CT molecular complexity index is 498. The zero-order chi connectivity index (χ0) is 14.5. The van der Waals surface area contributed by atoms with E-state index in [1.807, 2.05) is 31.2 Å². The molecule has 0 aliphatic carbocycles. The van der Waals surface area contributed by atoms with Gasteiger partial charge in [0.1, 0.15) is 0 Å². The molecule has 1 aromatic rings. The molecular weight excluding hydrogens is 254 g/mol. The summed E-state index contributed by atoms with van der Waals surface area (Å²) in [5.74, 6) is -0.358. The highest BCUT2D eigenvalue weighted by Gasteiger charge is 2.30. The molecule has 108 valence electrons. The number of esters is 1. The van der Waals surface area contributed by atoms with Crippen LogP contribution in [0.1, 0.15) is 35.7 Å². The van der Waals surface area contributed by atoms with Crippen molar-refractivity contribution in [1.82, 2.24) is 4.90 Å². The van der Waals surface area contributed by atoms with Gasteiger partial charge in [0, 0.05) is 18.7 Å². The van der Waals surface area contributed by atoms with Crippen molar-refractivity contribution < 1.29 is 14.3 Å². The van der Waals surface area contributed by atoms with Gasteiger partial charge in [-0.2, -0.15) is 0 Å². The summed E-state index contributed by atoms with van der Waals surface area (Å²) in [5.41, 5.74) is 1.69. The fraction of sp³-hybridized carbons (Fsp3) is 0.500. The lowest BCUT2D eigenvalue weighted by Crippen LogP contribution is -2.43. The quantitative estimate of drug-likeness (QED) is 0.796. The van der Waals surface area contributed by atoms with E-state index in [1.54, 1.807) is 11.8 Å². The minimum absolute atomic E-state index is 0.0112. The fourth-order valence-corrected chi connectivity index (χ4v) is 2.60. The summed E-state index contributed by atoms with van der Waals surface area (Å²) in [4.78, 5) is 26.1. The van der Waals surface area contributed by atoms with Crippen molar-refractivity contribution in [2.45, 2.75) is 26.7 Å². The number of ether oxygens (including phenoxy) is 1. The Balaban J connectivity index is 2.07. The summed E-state index contributed by atoms with van der Waals surface area (Å²) >= 11 is 0. The Hall–Kier alpha value is -1.84. The maximum absolute atomic E-state index is 12.5. The van der Waals surface area contributed by atoms with Gasteiger partial charge in [0.25, 0.3) is 5.91 Å². The molecule has 1 heterocycles. The first-order chi connectivity index (χ1) is 9.63. The van der Waals surface area contributed by atoms with Gasteiger partial charge >= 0.3 is 5.97 Å². The monoisotopic (exact) mass is 275 g/mol. The number of hydrogen-bond donors (Lipinski definition) is 0. The minimum Gasteiger partial charge on any atom is -0.466 e. The SMILES string of the molecule is CCOC(=O)C1CCCN(C(=O)c2ccccc2C)C1. The highest BCUT2D eigenvalue weighted by atomic mass is 16.5. The Morgan fingerprint density at radius 1 is 1.35 bits per heavy atom. The number of rotatable bonds is 3. The van der Waals surface area contributed by atoms with E-state index in [9.17, 15) is 9.59 Å². The topological polar surface area (TPSA) is 46.6 Å². The second kappa shape index (κ2) is 6.55. The van der Waals surface area contributed by atoms with E-state index in [0.29, 0.717) is 19.7 Å². The molecule has 1 atom stereocenters. The standard InChI is InChI=1S/C16H21NO3/c1-3-20-16(19)13-8-6-10-17(11-13)15(18)14-9-5-4-7-12(14)2/h4-5,7,9,13H,3,6,8,10-11H2,1-2H3. The molecular formula is C16H21NO3. The van der Waals surface area contributed by atoms with Crippen LogP contribution in [-0.2, 0) is 9.53 Å². The molecule has 0 aromatic heterocycles. The van der Waals surface area contributed by atoms with Crippen LogP contribution < -0.4 is 0 Å². The van der Waals surface area contributed by atoms with E-state index in [4.69, 9.17) is 4.74 Å². The van der Waals surface area contributed by atoms with Gasteiger partial charge < -0.3 is 9.64 Å². The first-order valence-electron chi connectivity index (χ1n) is 7.15. The summed E-state index contributed by atoms with van der Waals surface area (Å²) in [6.45, 7) is 5.30. The van der Waals surface area contributed by atoms with Crippen LogP contribution in [0, 0.1) is 12.8 Å². The first-order valence-corrected chi connectivity index (χ1v) is 7.15. The van der Waals surface area contributed by atoms with Crippen LogP contribution in [0.25, 0.3) is 0 Å². The molecule has 0 spiro atoms. The second-order valence-corrected chi connectivity index (χ2v) is 5.16. The van der Waals surface area contributed by atoms with Gasteiger partial charge in [-0.05, 0) is 38.3 Å². The minimum atomic E-state index is -0.185. The summed E-state index contributed by atoms with van der Waals surface area (Å²) in [5, 5.41) is 0. The Kier molecular flexibility index (Phi) is 4.77. The maximum Gasteiger partial charge on any atom is 0.310 e. The van der Waals surface area contributed by atoms with Gasteiger partial charge in [-0.15, -0.1) is 0 Å². The van der Waals surface area contributed by atoms with Crippen LogP contribution in [0.3, 0.4) is 0 Å². The van der Waals surface area contributed by atoms with Crippen LogP contribution in [0.4, 0.5) is 0 Å². The molecule has 1 aromatic carbocycles. The van der Waals surface area contributed by atoms with Crippen LogP contribution >= 0.6 is 0 Å². The zero-order valence-corrected chi connectivity index (χ0v) is 12.1. The number of nitrogens with zero attached hydrogens (tertiary/aromatic N) is 1. The van der Waals surface area contributed by atoms with Crippen molar-refractivity contribution in [3.63, 3.8) is 0 Å². The van der Waals surface area contributed by atoms with Crippen molar-refractivity contribution in [3.05, 3.63) is 35.4 Å². The number of carbonyl (C=O) groups is 2. The molecule has 4 heteroatoms. The fourth-order valence-electron chi connectivity index (χ4n) is 2.60. The smallest absolute Gasteiger partial charge is 0.310 e. The summed E-state index contributed by atoms with van der Waals surface area (Å²) in [6.07, 6.45) is 1.65. The van der Waals surface area contributed by atoms with Gasteiger partial charge in [-0.1, -0.05) is 18.2 Å². The number of amides is 1. The van der Waals surface area contributed by atoms with E-state index in [2.05, 4.69) is 0 Å². The normalized spacial score (nSPS) is 18.7. The largest absolute Gasteiger partial charge is 0.466 e. The molecule has 2 rings (SSSR count). The number of hydrogen-bond acceptors (Lipinski definition) is 3. The molecule has 1 fully saturated rings. The maximum atomic E-state index is 12.5. The van der Waals surface area contributed by atoms with E-state index >= 15 is 0 Å². The number of aryl methyl sites for hydroxylation is 1. The van der Waals surface area contributed by atoms with Crippen molar-refractivity contribution in [3.8, 4) is 0 Å². The molecule has 0 bridgehead atoms. The van der Waals surface area contributed by atoms with Gasteiger partial charge in [0.05, 0.1) is 12.5 Å². The second-order valence-electron chi connectivity index (χ2n) is 5.16. The molecule has 0 radical (unpaired) electrons. The van der Waals surface area contributed by atoms with Crippen LogP contribution in [0.15, 0.2) is 24.3 Å². The number of carbonyl (C=O) groups excluding carboxylic acids is 2. The van der Waals surface area contributed by atoms with Crippen LogP contribution in [0.5, 0.6) is 0 Å². The highest BCUT2D eigenvalue weighted by molar-refractivity contribution is 5.96. The third kappa shape index (κ3) is 3.18. The predicted molar refractivity (Wildman–Crippen MR) is 76.4 cm³/mol. The molecule has 0 N–H and O–H groups in total. The molecule has 4 nitrogen and oxygen atoms in total. The average molecular weight is 275 g/mol. The molecule has 1 aliphatic rings. The van der Waals surface area contributed by atoms with Crippen molar-refractivity contribution >= 4 is 11.9 Å². The van der Waals surface area contributed by atoms with Crippen LogP contribution in [0.2, 0.25) is 0 Å². The third-order valence-electron chi connectivity index (χ3n) is 3.70. The summed E-state index contributed by atoms with van der Waals surface area (Å²) in [6, 6.07) is 7.56. The molecule has 1 unspecified atom stereocenters. The van der Waals surface area contributed by atoms with Gasteiger partial charge in [0.2, 0.25) is 0 Å². The van der Waals surface area contributed by atoms with E-state index in [0.717, 1.165) is 24.0 Å². The lowest BCUT2D eigenvalue weighted by molar-refractivity contribution is -0.149. The Labute approximate surface area is 119 Å². The molecule has 20 heavy (non-hydrogen) atoms. The van der Waals surface area contributed by atoms with Gasteiger partial charge in [-0.25, -0.2) is 0 Å². The molecule has 0 saturated carbocycles. The number of benzene rings is 1. The van der Waals surface area contributed by atoms with Gasteiger partial charge in [0.15, 0.2) is 0 Å². The van der Waals surface area contributed by atoms with Crippen molar-refractivity contribution in [2.75, 3.05) is 19.7 Å². The first kappa shape index (κ1) is 14.6. The Morgan fingerprint density at radius 2 is 2.10 bits per heavy atom. The lowest BCUT2D eigenvalue weighted by Gasteiger charge is -2.31. The van der Waals surface area contributed by atoms with Crippen molar-refractivity contribution in [2.24, 2.45) is 5.92 Å². The lowest BCUT2D eigenvalue weighted by atomic mass is 9.97. The average Bonchev–Trinajstić information content (AvgIpc) is 2.47. The number of piperidine rings is 1. The highest BCUT2D eigenvalue weighted by Crippen LogP contribution is 2.21. The zero-order valence-electron chi connectivity index (χ0n) is 12.1. The third-order valence-corrected chi connectivity index (χ3v) is 3.70. The van der Waals surface area contributed by atoms with E-state index in [-0.39, 0.29) is 17.8 Å². The number of likely N-dealkylation sites (tertiary alicyclic amines) is 1. The van der Waals surface area contributed by atoms with E-state index in [1.165, 1.54) is 0 Å². The Morgan fingerprint density at radius 3 is 2.80 bits per heavy atom. The summed E-state index contributed by atoms with van der Waals surface area (Å²) < 4.78 is 5.06. The molecule has 1 amide bonds. The van der Waals surface area contributed by atoms with Crippen molar-refractivity contribution in [1.29, 1.82) is 0 Å². The molecule has 1 aliphatic heterocycles. The molecule has 1 saturated heterocycles. The summed E-state index contributed by atoms with van der Waals surface area (Å²) in [7, 11) is 0. The van der Waals surface area contributed by atoms with Crippen LogP contribution in [-0.4, -0.2) is 36.5 Å².